The van der Waals surface area contributed by atoms with Gasteiger partial charge in [-0.15, -0.1) is 0 Å². The third-order valence-corrected chi connectivity index (χ3v) is 3.06. The van der Waals surface area contributed by atoms with E-state index >= 15 is 0 Å². The van der Waals surface area contributed by atoms with Crippen molar-refractivity contribution in [3.05, 3.63) is 23.8 Å². The van der Waals surface area contributed by atoms with Crippen molar-refractivity contribution in [2.24, 2.45) is 11.7 Å². The maximum absolute atomic E-state index is 5.63. The van der Waals surface area contributed by atoms with E-state index in [4.69, 9.17) is 15.2 Å². The fourth-order valence-electron chi connectivity index (χ4n) is 2.00. The second-order valence-electron chi connectivity index (χ2n) is 3.95. The van der Waals surface area contributed by atoms with Crippen molar-refractivity contribution >= 4 is 0 Å². The molecule has 0 heterocycles. The summed E-state index contributed by atoms with van der Waals surface area (Å²) in [5, 5.41) is 0. The zero-order valence-electron chi connectivity index (χ0n) is 9.19. The van der Waals surface area contributed by atoms with Crippen LogP contribution < -0.4 is 15.2 Å². The Hall–Kier alpha value is -1.22. The average Bonchev–Trinajstić information content (AvgIpc) is 3.07. The van der Waals surface area contributed by atoms with Crippen LogP contribution in [0.15, 0.2) is 18.2 Å². The highest BCUT2D eigenvalue weighted by atomic mass is 16.5. The van der Waals surface area contributed by atoms with Crippen LogP contribution in [0, 0.1) is 5.92 Å². The largest absolute Gasteiger partial charge is 0.493 e. The molecule has 0 unspecified atom stereocenters. The number of hydrogen-bond donors (Lipinski definition) is 1. The lowest BCUT2D eigenvalue weighted by Crippen LogP contribution is -2.02. The summed E-state index contributed by atoms with van der Waals surface area (Å²) in [7, 11) is 3.31. The molecule has 3 heteroatoms. The van der Waals surface area contributed by atoms with Gasteiger partial charge in [-0.1, -0.05) is 6.07 Å². The lowest BCUT2D eigenvalue weighted by atomic mass is 10.1. The van der Waals surface area contributed by atoms with Gasteiger partial charge in [0.2, 0.25) is 0 Å². The quantitative estimate of drug-likeness (QED) is 0.818. The molecule has 0 spiro atoms. The zero-order chi connectivity index (χ0) is 10.8. The molecule has 1 aromatic carbocycles. The molecule has 2 rings (SSSR count). The Bertz CT molecular complexity index is 351. The van der Waals surface area contributed by atoms with E-state index in [-0.39, 0.29) is 0 Å². The summed E-state index contributed by atoms with van der Waals surface area (Å²) in [5.74, 6) is 2.86. The van der Waals surface area contributed by atoms with Crippen molar-refractivity contribution in [2.75, 3.05) is 20.8 Å². The molecule has 0 bridgehead atoms. The first-order chi connectivity index (χ1) is 7.30. The van der Waals surface area contributed by atoms with Gasteiger partial charge in [0.25, 0.3) is 0 Å². The summed E-state index contributed by atoms with van der Waals surface area (Å²) in [6, 6.07) is 6.11. The number of ether oxygens (including phenoxy) is 2. The third-order valence-electron chi connectivity index (χ3n) is 3.06. The van der Waals surface area contributed by atoms with Crippen molar-refractivity contribution in [1.29, 1.82) is 0 Å². The number of rotatable bonds is 4. The van der Waals surface area contributed by atoms with E-state index in [1.165, 1.54) is 12.0 Å². The third kappa shape index (κ3) is 1.92. The average molecular weight is 207 g/mol. The van der Waals surface area contributed by atoms with Crippen LogP contribution in [-0.4, -0.2) is 20.8 Å². The minimum Gasteiger partial charge on any atom is -0.493 e. The molecule has 1 saturated carbocycles. The van der Waals surface area contributed by atoms with Gasteiger partial charge in [-0.2, -0.15) is 0 Å². The summed E-state index contributed by atoms with van der Waals surface area (Å²) >= 11 is 0. The van der Waals surface area contributed by atoms with E-state index in [0.29, 0.717) is 11.8 Å². The fourth-order valence-corrected chi connectivity index (χ4v) is 2.00. The highest BCUT2D eigenvalue weighted by molar-refractivity contribution is 5.45. The maximum Gasteiger partial charge on any atom is 0.160 e. The Balaban J connectivity index is 2.20. The molecular weight excluding hydrogens is 190 g/mol. The fraction of sp³-hybridized carbons (Fsp3) is 0.500. The Labute approximate surface area is 90.2 Å². The van der Waals surface area contributed by atoms with Crippen LogP contribution >= 0.6 is 0 Å². The van der Waals surface area contributed by atoms with Gasteiger partial charge in [0.1, 0.15) is 0 Å². The molecule has 82 valence electrons. The van der Waals surface area contributed by atoms with Crippen LogP contribution in [0.5, 0.6) is 11.5 Å². The Morgan fingerprint density at radius 3 is 2.53 bits per heavy atom. The summed E-state index contributed by atoms with van der Waals surface area (Å²) < 4.78 is 10.5. The van der Waals surface area contributed by atoms with E-state index in [1.54, 1.807) is 14.2 Å². The summed E-state index contributed by atoms with van der Waals surface area (Å²) in [5.41, 5.74) is 6.94. The second-order valence-corrected chi connectivity index (χ2v) is 3.95. The van der Waals surface area contributed by atoms with Gasteiger partial charge in [-0.3, -0.25) is 0 Å². The number of nitrogens with two attached hydrogens (primary N) is 1. The van der Waals surface area contributed by atoms with Crippen molar-refractivity contribution in [3.8, 4) is 11.5 Å². The van der Waals surface area contributed by atoms with Crippen molar-refractivity contribution in [2.45, 2.75) is 12.3 Å². The van der Waals surface area contributed by atoms with E-state index in [9.17, 15) is 0 Å². The number of benzene rings is 1. The number of methoxy groups -OCH3 is 2. The molecule has 0 aliphatic heterocycles. The first-order valence-electron chi connectivity index (χ1n) is 5.22. The topological polar surface area (TPSA) is 44.5 Å². The molecule has 0 radical (unpaired) electrons. The molecule has 1 aliphatic carbocycles. The minimum atomic E-state index is 0.620. The predicted octanol–water partition coefficient (Wildman–Crippen LogP) is 1.77. The minimum absolute atomic E-state index is 0.620. The molecule has 3 nitrogen and oxygen atoms in total. The van der Waals surface area contributed by atoms with Gasteiger partial charge in [-0.25, -0.2) is 0 Å². The van der Waals surface area contributed by atoms with Crippen LogP contribution in [0.3, 0.4) is 0 Å². The first-order valence-corrected chi connectivity index (χ1v) is 5.22. The first kappa shape index (κ1) is 10.3. The van der Waals surface area contributed by atoms with Crippen LogP contribution in [0.25, 0.3) is 0 Å². The van der Waals surface area contributed by atoms with Crippen LogP contribution in [-0.2, 0) is 0 Å². The molecule has 1 aromatic rings. The Kier molecular flexibility index (Phi) is 2.82. The monoisotopic (exact) mass is 207 g/mol. The second kappa shape index (κ2) is 4.11. The maximum atomic E-state index is 5.63. The highest BCUT2D eigenvalue weighted by Crippen LogP contribution is 2.48. The summed E-state index contributed by atoms with van der Waals surface area (Å²) in [6.07, 6.45) is 1.20. The molecule has 1 aliphatic rings. The van der Waals surface area contributed by atoms with E-state index < -0.39 is 0 Å². The predicted molar refractivity (Wildman–Crippen MR) is 59.4 cm³/mol. The van der Waals surface area contributed by atoms with Crippen LogP contribution in [0.1, 0.15) is 17.9 Å². The van der Waals surface area contributed by atoms with Gasteiger partial charge in [0.05, 0.1) is 14.2 Å². The van der Waals surface area contributed by atoms with Crippen LogP contribution in [0.2, 0.25) is 0 Å². The Morgan fingerprint density at radius 2 is 2.00 bits per heavy atom. The highest BCUT2D eigenvalue weighted by Gasteiger charge is 2.37. The SMILES string of the molecule is COc1ccc([C@@H]2C[C@@H]2CN)cc1OC. The molecule has 15 heavy (non-hydrogen) atoms. The van der Waals surface area contributed by atoms with Gasteiger partial charge in [0.15, 0.2) is 11.5 Å². The molecule has 0 amide bonds. The van der Waals surface area contributed by atoms with Gasteiger partial charge >= 0.3 is 0 Å². The van der Waals surface area contributed by atoms with E-state index in [0.717, 1.165) is 18.0 Å². The molecule has 2 N–H and O–H groups in total. The van der Waals surface area contributed by atoms with Crippen molar-refractivity contribution in [3.63, 3.8) is 0 Å². The smallest absolute Gasteiger partial charge is 0.160 e. The molecule has 1 fully saturated rings. The van der Waals surface area contributed by atoms with Gasteiger partial charge < -0.3 is 15.2 Å². The standard InChI is InChI=1S/C12H17NO2/c1-14-11-4-3-8(6-12(11)15-2)10-5-9(10)7-13/h3-4,6,9-10H,5,7,13H2,1-2H3/t9-,10+/m1/s1. The van der Waals surface area contributed by atoms with E-state index in [2.05, 4.69) is 12.1 Å². The van der Waals surface area contributed by atoms with E-state index in [1.807, 2.05) is 6.07 Å². The summed E-state index contributed by atoms with van der Waals surface area (Å²) in [6.45, 7) is 0.777. The lowest BCUT2D eigenvalue weighted by molar-refractivity contribution is 0.354. The van der Waals surface area contributed by atoms with Crippen molar-refractivity contribution < 1.29 is 9.47 Å². The molecular formula is C12H17NO2. The summed E-state index contributed by atoms with van der Waals surface area (Å²) in [4.78, 5) is 0. The van der Waals surface area contributed by atoms with Gasteiger partial charge in [0, 0.05) is 0 Å². The van der Waals surface area contributed by atoms with Crippen molar-refractivity contribution in [1.82, 2.24) is 0 Å². The van der Waals surface area contributed by atoms with Gasteiger partial charge in [-0.05, 0) is 42.5 Å². The number of hydrogen-bond acceptors (Lipinski definition) is 3. The molecule has 0 aromatic heterocycles. The van der Waals surface area contributed by atoms with Crippen LogP contribution in [0.4, 0.5) is 0 Å². The molecule has 0 saturated heterocycles. The normalized spacial score (nSPS) is 23.7. The lowest BCUT2D eigenvalue weighted by Gasteiger charge is -2.09. The molecule has 2 atom stereocenters. The Morgan fingerprint density at radius 1 is 1.27 bits per heavy atom. The zero-order valence-corrected chi connectivity index (χ0v) is 9.19.